The number of ether oxygens (including phenoxy) is 1. The Morgan fingerprint density at radius 1 is 1.38 bits per heavy atom. The zero-order valence-electron chi connectivity index (χ0n) is 8.26. The van der Waals surface area contributed by atoms with Gasteiger partial charge in [0.1, 0.15) is 5.75 Å². The van der Waals surface area contributed by atoms with E-state index in [1.807, 2.05) is 30.3 Å². The molecule has 0 radical (unpaired) electrons. The van der Waals surface area contributed by atoms with Crippen LogP contribution in [0.2, 0.25) is 0 Å². The first kappa shape index (κ1) is 10.9. The number of nitrogens with zero attached hydrogens (tertiary/aromatic N) is 1. The van der Waals surface area contributed by atoms with E-state index in [1.165, 1.54) is 12.4 Å². The van der Waals surface area contributed by atoms with Gasteiger partial charge < -0.3 is 10.1 Å². The van der Waals surface area contributed by atoms with Crippen LogP contribution in [0.15, 0.2) is 47.1 Å². The third-order valence-corrected chi connectivity index (χ3v) is 2.52. The number of alkyl halides is 1. The summed E-state index contributed by atoms with van der Waals surface area (Å²) in [6, 6.07) is 9.27. The van der Waals surface area contributed by atoms with Crippen molar-refractivity contribution in [1.29, 1.82) is 0 Å². The molecule has 1 atom stereocenters. The van der Waals surface area contributed by atoms with Gasteiger partial charge in [-0.3, -0.25) is 4.79 Å². The number of aldehydes is 1. The van der Waals surface area contributed by atoms with Crippen LogP contribution in [-0.4, -0.2) is 17.3 Å². The van der Waals surface area contributed by atoms with Gasteiger partial charge in [0.05, 0.1) is 0 Å². The number of para-hydroxylation sites is 1. The minimum atomic E-state index is -1.04. The average Bonchev–Trinajstić information content (AvgIpc) is 2.31. The highest BCUT2D eigenvalue weighted by Crippen LogP contribution is 2.24. The Hall–Kier alpha value is -1.62. The van der Waals surface area contributed by atoms with Gasteiger partial charge in [0.15, 0.2) is 6.29 Å². The molecular formula is C11H9BrN2O2. The summed E-state index contributed by atoms with van der Waals surface area (Å²) in [4.78, 5) is 14.5. The van der Waals surface area contributed by atoms with Gasteiger partial charge in [-0.05, 0) is 12.1 Å². The summed E-state index contributed by atoms with van der Waals surface area (Å²) in [6.45, 7) is 0. The maximum absolute atomic E-state index is 10.5. The monoisotopic (exact) mass is 280 g/mol. The second kappa shape index (κ2) is 4.49. The van der Waals surface area contributed by atoms with Crippen LogP contribution in [0, 0.1) is 0 Å². The maximum atomic E-state index is 10.5. The number of allylic oxidation sites excluding steroid dienone is 1. The van der Waals surface area contributed by atoms with Crippen molar-refractivity contribution in [3.05, 3.63) is 42.1 Å². The van der Waals surface area contributed by atoms with Crippen LogP contribution in [-0.2, 0) is 4.79 Å². The summed E-state index contributed by atoms with van der Waals surface area (Å²) in [6.07, 6.45) is 3.70. The summed E-state index contributed by atoms with van der Waals surface area (Å²) in [7, 11) is 0. The summed E-state index contributed by atoms with van der Waals surface area (Å²) < 4.78 is 4.54. The number of hydrogen-bond donors (Lipinski definition) is 1. The molecule has 16 heavy (non-hydrogen) atoms. The number of carbonyl (C=O) groups is 1. The molecule has 1 unspecified atom stereocenters. The van der Waals surface area contributed by atoms with Crippen LogP contribution in [0.3, 0.4) is 0 Å². The minimum Gasteiger partial charge on any atom is -0.440 e. The van der Waals surface area contributed by atoms with E-state index >= 15 is 0 Å². The highest BCUT2D eigenvalue weighted by Gasteiger charge is 2.28. The smallest absolute Gasteiger partial charge is 0.338 e. The van der Waals surface area contributed by atoms with Crippen LogP contribution in [0.5, 0.6) is 5.75 Å². The summed E-state index contributed by atoms with van der Waals surface area (Å²) in [5.74, 6) is 0.673. The lowest BCUT2D eigenvalue weighted by molar-refractivity contribution is -0.104. The van der Waals surface area contributed by atoms with Gasteiger partial charge >= 0.3 is 4.76 Å². The molecule has 1 aliphatic rings. The van der Waals surface area contributed by atoms with E-state index in [9.17, 15) is 4.79 Å². The number of carbonyl (C=O) groups excluding carboxylic acids is 1. The Labute approximate surface area is 101 Å². The first-order valence-electron chi connectivity index (χ1n) is 4.63. The molecule has 0 aliphatic carbocycles. The van der Waals surface area contributed by atoms with Crippen LogP contribution in [0.25, 0.3) is 0 Å². The van der Waals surface area contributed by atoms with Crippen LogP contribution in [0.1, 0.15) is 0 Å². The van der Waals surface area contributed by atoms with Gasteiger partial charge in [0.25, 0.3) is 0 Å². The number of nitrogens with one attached hydrogen (secondary N) is 1. The van der Waals surface area contributed by atoms with E-state index in [0.717, 1.165) is 0 Å². The molecule has 0 aromatic heterocycles. The van der Waals surface area contributed by atoms with Crippen molar-refractivity contribution in [2.75, 3.05) is 0 Å². The van der Waals surface area contributed by atoms with Crippen molar-refractivity contribution in [1.82, 2.24) is 5.32 Å². The van der Waals surface area contributed by atoms with Gasteiger partial charge in [0.2, 0.25) is 0 Å². The summed E-state index contributed by atoms with van der Waals surface area (Å²) >= 11 is 3.30. The van der Waals surface area contributed by atoms with E-state index in [0.29, 0.717) is 17.6 Å². The lowest BCUT2D eigenvalue weighted by Gasteiger charge is -2.26. The molecule has 0 saturated heterocycles. The van der Waals surface area contributed by atoms with Crippen LogP contribution in [0.4, 0.5) is 0 Å². The Morgan fingerprint density at radius 3 is 2.69 bits per heavy atom. The van der Waals surface area contributed by atoms with Crippen molar-refractivity contribution >= 4 is 28.4 Å². The molecule has 1 heterocycles. The molecule has 5 heteroatoms. The van der Waals surface area contributed by atoms with E-state index in [4.69, 9.17) is 4.74 Å². The van der Waals surface area contributed by atoms with Crippen molar-refractivity contribution in [2.24, 2.45) is 4.99 Å². The molecule has 4 nitrogen and oxygen atoms in total. The predicted molar refractivity (Wildman–Crippen MR) is 64.5 cm³/mol. The zero-order chi connectivity index (χ0) is 11.4. The topological polar surface area (TPSA) is 50.7 Å². The van der Waals surface area contributed by atoms with Crippen molar-refractivity contribution in [2.45, 2.75) is 4.76 Å². The van der Waals surface area contributed by atoms with Gasteiger partial charge in [-0.25, -0.2) is 4.99 Å². The fourth-order valence-corrected chi connectivity index (χ4v) is 1.57. The molecule has 1 aromatic carbocycles. The lowest BCUT2D eigenvalue weighted by Crippen LogP contribution is -2.42. The molecule has 1 aromatic rings. The van der Waals surface area contributed by atoms with Gasteiger partial charge in [-0.1, -0.05) is 18.2 Å². The Kier molecular flexibility index (Phi) is 3.05. The second-order valence-electron chi connectivity index (χ2n) is 3.14. The summed E-state index contributed by atoms with van der Waals surface area (Å²) in [5, 5.41) is 2.85. The number of rotatable bonds is 3. The maximum Gasteiger partial charge on any atom is 0.338 e. The highest BCUT2D eigenvalue weighted by atomic mass is 79.9. The third-order valence-electron chi connectivity index (χ3n) is 1.93. The molecule has 0 spiro atoms. The van der Waals surface area contributed by atoms with Crippen molar-refractivity contribution in [3.63, 3.8) is 0 Å². The third kappa shape index (κ3) is 2.49. The van der Waals surface area contributed by atoms with Crippen LogP contribution < -0.4 is 10.1 Å². The zero-order valence-corrected chi connectivity index (χ0v) is 9.85. The van der Waals surface area contributed by atoms with Gasteiger partial charge in [-0.2, -0.15) is 0 Å². The fourth-order valence-electron chi connectivity index (χ4n) is 1.17. The largest absolute Gasteiger partial charge is 0.440 e. The quantitative estimate of drug-likeness (QED) is 0.522. The number of aliphatic imine (C=N–C) groups is 1. The van der Waals surface area contributed by atoms with Crippen LogP contribution >= 0.6 is 15.9 Å². The van der Waals surface area contributed by atoms with Crippen molar-refractivity contribution < 1.29 is 9.53 Å². The molecule has 0 bridgehead atoms. The Morgan fingerprint density at radius 2 is 2.12 bits per heavy atom. The molecule has 2 rings (SSSR count). The second-order valence-corrected chi connectivity index (χ2v) is 4.22. The number of hydrogen-bond acceptors (Lipinski definition) is 4. The molecule has 1 N–H and O–H groups in total. The predicted octanol–water partition coefficient (Wildman–Crippen LogP) is 1.83. The van der Waals surface area contributed by atoms with Crippen molar-refractivity contribution in [3.8, 4) is 5.75 Å². The SMILES string of the molecule is O=CC1=CNC(Br)(Oc2ccccc2)N=C1. The van der Waals surface area contributed by atoms with E-state index < -0.39 is 4.76 Å². The first-order chi connectivity index (χ1) is 7.72. The standard InChI is InChI=1S/C11H9BrN2O2/c12-11(13-6-9(8-15)7-14-11)16-10-4-2-1-3-5-10/h1-8,13H. The highest BCUT2D eigenvalue weighted by molar-refractivity contribution is 9.10. The summed E-state index contributed by atoms with van der Waals surface area (Å²) in [5.41, 5.74) is 0.465. The molecule has 0 saturated carbocycles. The molecule has 0 fully saturated rings. The first-order valence-corrected chi connectivity index (χ1v) is 5.42. The van der Waals surface area contributed by atoms with E-state index in [2.05, 4.69) is 26.2 Å². The lowest BCUT2D eigenvalue weighted by atomic mass is 10.3. The minimum absolute atomic E-state index is 0.465. The normalized spacial score (nSPS) is 23.2. The van der Waals surface area contributed by atoms with E-state index in [1.54, 1.807) is 0 Å². The fraction of sp³-hybridized carbons (Fsp3) is 0.0909. The molecule has 82 valence electrons. The number of benzene rings is 1. The van der Waals surface area contributed by atoms with Gasteiger partial charge in [0, 0.05) is 33.9 Å². The van der Waals surface area contributed by atoms with Gasteiger partial charge in [-0.15, -0.1) is 0 Å². The van der Waals surface area contributed by atoms with E-state index in [-0.39, 0.29) is 0 Å². The average molecular weight is 281 g/mol. The Bertz CT molecular complexity index is 445. The Balaban J connectivity index is 2.09. The number of halogens is 1. The molecule has 1 aliphatic heterocycles. The molecular weight excluding hydrogens is 272 g/mol. The molecule has 0 amide bonds.